The van der Waals surface area contributed by atoms with Gasteiger partial charge < -0.3 is 14.6 Å². The minimum atomic E-state index is -0.384. The summed E-state index contributed by atoms with van der Waals surface area (Å²) in [5.41, 5.74) is 1.43. The highest BCUT2D eigenvalue weighted by Crippen LogP contribution is 2.42. The summed E-state index contributed by atoms with van der Waals surface area (Å²) in [4.78, 5) is 27.9. The molecule has 0 fully saturated rings. The van der Waals surface area contributed by atoms with E-state index >= 15 is 0 Å². The first-order chi connectivity index (χ1) is 14.0. The minimum absolute atomic E-state index is 0.251. The second-order valence-electron chi connectivity index (χ2n) is 6.44. The maximum Gasteiger partial charge on any atom is 0.264 e. The van der Waals surface area contributed by atoms with Crippen LogP contribution in [0.15, 0.2) is 75.1 Å². The number of amides is 2. The van der Waals surface area contributed by atoms with E-state index in [0.717, 1.165) is 4.90 Å². The van der Waals surface area contributed by atoms with Crippen molar-refractivity contribution in [3.8, 4) is 0 Å². The molecule has 5 nitrogen and oxygen atoms in total. The monoisotopic (exact) mass is 408 g/mol. The zero-order valence-corrected chi connectivity index (χ0v) is 16.3. The molecule has 1 aliphatic heterocycles. The van der Waals surface area contributed by atoms with Gasteiger partial charge >= 0.3 is 0 Å². The summed E-state index contributed by atoms with van der Waals surface area (Å²) in [6.45, 7) is 0.280. The van der Waals surface area contributed by atoms with E-state index in [4.69, 9.17) is 4.42 Å². The highest BCUT2D eigenvalue weighted by molar-refractivity contribution is 8.04. The fraction of sp³-hybridized carbons (Fsp3) is 0.0909. The Morgan fingerprint density at radius 2 is 2.03 bits per heavy atom. The number of likely N-dealkylation sites (N-methyl/N-ethyl adjacent to an activating group) is 1. The van der Waals surface area contributed by atoms with E-state index in [1.165, 1.54) is 22.7 Å². The van der Waals surface area contributed by atoms with E-state index in [1.807, 2.05) is 0 Å². The molecule has 2 heterocycles. The highest BCUT2D eigenvalue weighted by atomic mass is 32.2. The molecular weight excluding hydrogens is 391 g/mol. The second kappa shape index (κ2) is 7.97. The van der Waals surface area contributed by atoms with Crippen molar-refractivity contribution in [3.05, 3.63) is 88.5 Å². The number of nitrogens with one attached hydrogen (secondary N) is 1. The smallest absolute Gasteiger partial charge is 0.264 e. The number of anilines is 1. The van der Waals surface area contributed by atoms with Crippen LogP contribution in [0.25, 0.3) is 6.08 Å². The lowest BCUT2D eigenvalue weighted by molar-refractivity contribution is -0.114. The summed E-state index contributed by atoms with van der Waals surface area (Å²) in [7, 11) is 1.64. The number of hydrogen-bond acceptors (Lipinski definition) is 4. The third-order valence-corrected chi connectivity index (χ3v) is 5.59. The largest absolute Gasteiger partial charge is 0.467 e. The minimum Gasteiger partial charge on any atom is -0.467 e. The first-order valence-electron chi connectivity index (χ1n) is 8.89. The lowest BCUT2D eigenvalue weighted by Gasteiger charge is -2.27. The van der Waals surface area contributed by atoms with Crippen LogP contribution in [0.4, 0.5) is 10.1 Å². The van der Waals surface area contributed by atoms with Gasteiger partial charge in [0.2, 0.25) is 0 Å². The molecule has 3 aromatic rings. The van der Waals surface area contributed by atoms with E-state index in [9.17, 15) is 14.0 Å². The zero-order chi connectivity index (χ0) is 20.4. The summed E-state index contributed by atoms with van der Waals surface area (Å²) >= 11 is 1.26. The third-order valence-electron chi connectivity index (χ3n) is 4.51. The van der Waals surface area contributed by atoms with Crippen LogP contribution in [0, 0.1) is 5.82 Å². The average molecular weight is 408 g/mol. The molecule has 146 valence electrons. The molecule has 2 aromatic carbocycles. The SMILES string of the molecule is CN1C(=O)C(=Cc2ccccc2F)Sc2ccc(C(=O)NCc3ccco3)cc21. The Balaban J connectivity index is 1.57. The molecule has 0 unspecified atom stereocenters. The third kappa shape index (κ3) is 3.95. The van der Waals surface area contributed by atoms with Crippen LogP contribution < -0.4 is 10.2 Å². The molecule has 1 N–H and O–H groups in total. The van der Waals surface area contributed by atoms with E-state index < -0.39 is 0 Å². The number of carbonyl (C=O) groups excluding carboxylic acids is 2. The summed E-state index contributed by atoms with van der Waals surface area (Å²) < 4.78 is 19.2. The molecule has 1 aromatic heterocycles. The second-order valence-corrected chi connectivity index (χ2v) is 7.52. The van der Waals surface area contributed by atoms with Crippen molar-refractivity contribution >= 4 is 35.3 Å². The number of thioether (sulfide) groups is 1. The molecule has 0 bridgehead atoms. The molecule has 0 aliphatic carbocycles. The Labute approximate surface area is 171 Å². The molecule has 4 rings (SSSR count). The molecule has 29 heavy (non-hydrogen) atoms. The predicted molar refractivity (Wildman–Crippen MR) is 110 cm³/mol. The van der Waals surface area contributed by atoms with Crippen molar-refractivity contribution in [2.24, 2.45) is 0 Å². The first kappa shape index (κ1) is 19.0. The molecular formula is C22H17FN2O3S. The number of halogens is 1. The fourth-order valence-electron chi connectivity index (χ4n) is 2.95. The zero-order valence-electron chi connectivity index (χ0n) is 15.5. The van der Waals surface area contributed by atoms with E-state index in [1.54, 1.807) is 67.9 Å². The van der Waals surface area contributed by atoms with Gasteiger partial charge in [-0.15, -0.1) is 0 Å². The quantitative estimate of drug-likeness (QED) is 0.648. The van der Waals surface area contributed by atoms with Gasteiger partial charge in [0.1, 0.15) is 11.6 Å². The van der Waals surface area contributed by atoms with Crippen LogP contribution in [0.1, 0.15) is 21.7 Å². The van der Waals surface area contributed by atoms with E-state index in [0.29, 0.717) is 27.5 Å². The molecule has 1 aliphatic rings. The number of rotatable bonds is 4. The maximum absolute atomic E-state index is 14.0. The van der Waals surface area contributed by atoms with Gasteiger partial charge in [-0.3, -0.25) is 9.59 Å². The lowest BCUT2D eigenvalue weighted by atomic mass is 10.1. The summed E-state index contributed by atoms with van der Waals surface area (Å²) in [5.74, 6) is -0.242. The van der Waals surface area contributed by atoms with Crippen LogP contribution >= 0.6 is 11.8 Å². The van der Waals surface area contributed by atoms with Gasteiger partial charge in [0.05, 0.1) is 23.4 Å². The molecule has 0 radical (unpaired) electrons. The van der Waals surface area contributed by atoms with Crippen LogP contribution in [-0.2, 0) is 11.3 Å². The average Bonchev–Trinajstić information content (AvgIpc) is 3.25. The standard InChI is InChI=1S/C22H17FN2O3S/c1-25-18-11-15(21(26)24-13-16-6-4-10-28-16)8-9-19(18)29-20(22(25)27)12-14-5-2-3-7-17(14)23/h2-12H,13H2,1H3,(H,24,26). The Morgan fingerprint density at radius 3 is 2.79 bits per heavy atom. The summed E-state index contributed by atoms with van der Waals surface area (Å²) in [5, 5.41) is 2.79. The first-order valence-corrected chi connectivity index (χ1v) is 9.71. The molecule has 7 heteroatoms. The Hall–Kier alpha value is -3.32. The van der Waals surface area contributed by atoms with Gasteiger partial charge in [0.25, 0.3) is 11.8 Å². The van der Waals surface area contributed by atoms with Crippen molar-refractivity contribution in [3.63, 3.8) is 0 Å². The predicted octanol–water partition coefficient (Wildman–Crippen LogP) is 4.46. The number of furan rings is 1. The molecule has 0 saturated carbocycles. The molecule has 0 spiro atoms. The summed E-state index contributed by atoms with van der Waals surface area (Å²) in [6, 6.07) is 15.0. The Kier molecular flexibility index (Phi) is 5.22. The van der Waals surface area contributed by atoms with Crippen LogP contribution in [-0.4, -0.2) is 18.9 Å². The van der Waals surface area contributed by atoms with Gasteiger partial charge in [-0.2, -0.15) is 0 Å². The number of benzene rings is 2. The number of fused-ring (bicyclic) bond motifs is 1. The van der Waals surface area contributed by atoms with Crippen LogP contribution in [0.2, 0.25) is 0 Å². The van der Waals surface area contributed by atoms with Crippen molar-refractivity contribution in [2.45, 2.75) is 11.4 Å². The van der Waals surface area contributed by atoms with Gasteiger partial charge in [-0.25, -0.2) is 4.39 Å². The molecule has 2 amide bonds. The van der Waals surface area contributed by atoms with Crippen LogP contribution in [0.5, 0.6) is 0 Å². The van der Waals surface area contributed by atoms with Crippen molar-refractivity contribution < 1.29 is 18.4 Å². The number of hydrogen-bond donors (Lipinski definition) is 1. The van der Waals surface area contributed by atoms with Crippen molar-refractivity contribution in [2.75, 3.05) is 11.9 Å². The van der Waals surface area contributed by atoms with Crippen molar-refractivity contribution in [1.82, 2.24) is 5.32 Å². The number of carbonyl (C=O) groups is 2. The Morgan fingerprint density at radius 1 is 1.21 bits per heavy atom. The molecule has 0 saturated heterocycles. The fourth-order valence-corrected chi connectivity index (χ4v) is 4.03. The normalized spacial score (nSPS) is 14.8. The number of nitrogens with zero attached hydrogens (tertiary/aromatic N) is 1. The summed E-state index contributed by atoms with van der Waals surface area (Å²) in [6.07, 6.45) is 3.09. The van der Waals surface area contributed by atoms with Gasteiger partial charge in [0, 0.05) is 23.1 Å². The van der Waals surface area contributed by atoms with Gasteiger partial charge in [-0.05, 0) is 42.5 Å². The Bertz CT molecular complexity index is 1110. The lowest BCUT2D eigenvalue weighted by Crippen LogP contribution is -2.31. The van der Waals surface area contributed by atoms with Crippen molar-refractivity contribution in [1.29, 1.82) is 0 Å². The van der Waals surface area contributed by atoms with E-state index in [-0.39, 0.29) is 24.2 Å². The van der Waals surface area contributed by atoms with E-state index in [2.05, 4.69) is 5.32 Å². The van der Waals surface area contributed by atoms with Crippen LogP contribution in [0.3, 0.4) is 0 Å². The van der Waals surface area contributed by atoms with Gasteiger partial charge in [-0.1, -0.05) is 30.0 Å². The molecule has 0 atom stereocenters. The van der Waals surface area contributed by atoms with Gasteiger partial charge in [0.15, 0.2) is 0 Å². The highest BCUT2D eigenvalue weighted by Gasteiger charge is 2.27. The topological polar surface area (TPSA) is 62.6 Å². The maximum atomic E-state index is 14.0.